The van der Waals surface area contributed by atoms with Gasteiger partial charge in [0.05, 0.1) is 6.42 Å². The summed E-state index contributed by atoms with van der Waals surface area (Å²) in [5.41, 5.74) is -0.159. The normalized spacial score (nSPS) is 22.5. The standard InChI is InChI=1S/C15H25NO3/c17-13(9-12-5-2-1-3-6-12)16-11-15(7-4-8-15)10-14(18)19/h12H,1-11H2,(H,16,17)(H,18,19). The van der Waals surface area contributed by atoms with Gasteiger partial charge < -0.3 is 10.4 Å². The Bertz CT molecular complexity index is 330. The zero-order valence-corrected chi connectivity index (χ0v) is 11.6. The second-order valence-corrected chi connectivity index (χ2v) is 6.41. The molecule has 2 rings (SSSR count). The molecular formula is C15H25NO3. The summed E-state index contributed by atoms with van der Waals surface area (Å²) in [5.74, 6) is -0.0876. The fourth-order valence-electron chi connectivity index (χ4n) is 3.43. The van der Waals surface area contributed by atoms with E-state index in [4.69, 9.17) is 5.11 Å². The topological polar surface area (TPSA) is 66.4 Å². The number of nitrogens with one attached hydrogen (secondary N) is 1. The Morgan fingerprint density at radius 3 is 2.32 bits per heavy atom. The van der Waals surface area contributed by atoms with E-state index in [1.165, 1.54) is 32.1 Å². The Balaban J connectivity index is 1.71. The molecule has 2 fully saturated rings. The predicted molar refractivity (Wildman–Crippen MR) is 72.7 cm³/mol. The highest BCUT2D eigenvalue weighted by atomic mass is 16.4. The number of hydrogen-bond donors (Lipinski definition) is 2. The van der Waals surface area contributed by atoms with Gasteiger partial charge in [-0.1, -0.05) is 25.7 Å². The van der Waals surface area contributed by atoms with Crippen molar-refractivity contribution < 1.29 is 14.7 Å². The minimum atomic E-state index is -0.749. The van der Waals surface area contributed by atoms with Gasteiger partial charge in [0, 0.05) is 13.0 Å². The molecule has 0 atom stereocenters. The average Bonchev–Trinajstić information content (AvgIpc) is 2.33. The zero-order valence-electron chi connectivity index (χ0n) is 11.6. The Morgan fingerprint density at radius 2 is 1.79 bits per heavy atom. The van der Waals surface area contributed by atoms with Crippen molar-refractivity contribution in [3.8, 4) is 0 Å². The molecular weight excluding hydrogens is 242 g/mol. The Kier molecular flexibility index (Phi) is 4.83. The van der Waals surface area contributed by atoms with Crippen molar-refractivity contribution in [2.45, 2.75) is 64.2 Å². The van der Waals surface area contributed by atoms with E-state index in [-0.39, 0.29) is 17.7 Å². The molecule has 1 amide bonds. The minimum absolute atomic E-state index is 0.114. The van der Waals surface area contributed by atoms with E-state index < -0.39 is 5.97 Å². The lowest BCUT2D eigenvalue weighted by atomic mass is 9.66. The third-order valence-electron chi connectivity index (χ3n) is 4.80. The van der Waals surface area contributed by atoms with Gasteiger partial charge in [-0.3, -0.25) is 9.59 Å². The van der Waals surface area contributed by atoms with Crippen LogP contribution in [0, 0.1) is 11.3 Å². The molecule has 0 aromatic carbocycles. The van der Waals surface area contributed by atoms with E-state index >= 15 is 0 Å². The maximum atomic E-state index is 11.9. The molecule has 19 heavy (non-hydrogen) atoms. The quantitative estimate of drug-likeness (QED) is 0.777. The Morgan fingerprint density at radius 1 is 1.11 bits per heavy atom. The second kappa shape index (κ2) is 6.40. The third kappa shape index (κ3) is 4.22. The molecule has 2 saturated carbocycles. The molecule has 0 heterocycles. The van der Waals surface area contributed by atoms with Gasteiger partial charge in [0.2, 0.25) is 5.91 Å². The molecule has 108 valence electrons. The molecule has 0 saturated heterocycles. The monoisotopic (exact) mass is 267 g/mol. The van der Waals surface area contributed by atoms with Crippen molar-refractivity contribution in [1.29, 1.82) is 0 Å². The molecule has 2 aliphatic rings. The van der Waals surface area contributed by atoms with Gasteiger partial charge in [-0.2, -0.15) is 0 Å². The van der Waals surface area contributed by atoms with E-state index in [0.717, 1.165) is 19.3 Å². The largest absolute Gasteiger partial charge is 0.481 e. The molecule has 0 unspecified atom stereocenters. The van der Waals surface area contributed by atoms with E-state index in [0.29, 0.717) is 18.9 Å². The van der Waals surface area contributed by atoms with Crippen molar-refractivity contribution in [2.75, 3.05) is 6.54 Å². The first-order valence-corrected chi connectivity index (χ1v) is 7.58. The first kappa shape index (κ1) is 14.4. The van der Waals surface area contributed by atoms with Crippen LogP contribution >= 0.6 is 0 Å². The Labute approximate surface area is 115 Å². The van der Waals surface area contributed by atoms with Crippen molar-refractivity contribution in [3.05, 3.63) is 0 Å². The number of carbonyl (C=O) groups excluding carboxylic acids is 1. The SMILES string of the molecule is O=C(O)CC1(CNC(=O)CC2CCCCC2)CCC1. The van der Waals surface area contributed by atoms with Crippen LogP contribution in [0.15, 0.2) is 0 Å². The van der Waals surface area contributed by atoms with Gasteiger partial charge in [-0.25, -0.2) is 0 Å². The number of hydrogen-bond acceptors (Lipinski definition) is 2. The van der Waals surface area contributed by atoms with Gasteiger partial charge in [-0.05, 0) is 37.0 Å². The van der Waals surface area contributed by atoms with Crippen LogP contribution in [0.3, 0.4) is 0 Å². The van der Waals surface area contributed by atoms with Crippen LogP contribution in [-0.2, 0) is 9.59 Å². The summed E-state index contributed by atoms with van der Waals surface area (Å²) in [6.45, 7) is 0.546. The number of aliphatic carboxylic acids is 1. The number of carboxylic acids is 1. The first-order valence-electron chi connectivity index (χ1n) is 7.58. The molecule has 0 aromatic heterocycles. The van der Waals surface area contributed by atoms with Crippen molar-refractivity contribution >= 4 is 11.9 Å². The number of rotatable bonds is 6. The van der Waals surface area contributed by atoms with E-state index in [1.807, 2.05) is 0 Å². The fourth-order valence-corrected chi connectivity index (χ4v) is 3.43. The summed E-state index contributed by atoms with van der Waals surface area (Å²) in [5, 5.41) is 11.9. The van der Waals surface area contributed by atoms with Crippen molar-refractivity contribution in [1.82, 2.24) is 5.32 Å². The first-order chi connectivity index (χ1) is 9.10. The molecule has 2 N–H and O–H groups in total. The molecule has 0 spiro atoms. The molecule has 0 aliphatic heterocycles. The van der Waals surface area contributed by atoms with E-state index in [1.54, 1.807) is 0 Å². The molecule has 0 aromatic rings. The summed E-state index contributed by atoms with van der Waals surface area (Å²) < 4.78 is 0. The summed E-state index contributed by atoms with van der Waals surface area (Å²) in [7, 11) is 0. The van der Waals surface area contributed by atoms with Gasteiger partial charge >= 0.3 is 5.97 Å². The second-order valence-electron chi connectivity index (χ2n) is 6.41. The van der Waals surface area contributed by atoms with Crippen LogP contribution in [-0.4, -0.2) is 23.5 Å². The third-order valence-corrected chi connectivity index (χ3v) is 4.80. The maximum Gasteiger partial charge on any atom is 0.303 e. The average molecular weight is 267 g/mol. The summed E-state index contributed by atoms with van der Waals surface area (Å²) in [6, 6.07) is 0. The van der Waals surface area contributed by atoms with Gasteiger partial charge in [0.15, 0.2) is 0 Å². The predicted octanol–water partition coefficient (Wildman–Crippen LogP) is 2.72. The summed E-state index contributed by atoms with van der Waals surface area (Å²) in [6.07, 6.45) is 9.93. The molecule has 0 bridgehead atoms. The summed E-state index contributed by atoms with van der Waals surface area (Å²) in [4.78, 5) is 22.8. The zero-order chi connectivity index (χ0) is 13.7. The Hall–Kier alpha value is -1.06. The van der Waals surface area contributed by atoms with Crippen LogP contribution in [0.4, 0.5) is 0 Å². The lowest BCUT2D eigenvalue weighted by Gasteiger charge is -2.41. The number of carbonyl (C=O) groups is 2. The highest BCUT2D eigenvalue weighted by Gasteiger charge is 2.39. The van der Waals surface area contributed by atoms with Crippen LogP contribution in [0.1, 0.15) is 64.2 Å². The highest BCUT2D eigenvalue weighted by Crippen LogP contribution is 2.43. The highest BCUT2D eigenvalue weighted by molar-refractivity contribution is 5.76. The molecule has 2 aliphatic carbocycles. The van der Waals surface area contributed by atoms with Crippen LogP contribution in [0.25, 0.3) is 0 Å². The smallest absolute Gasteiger partial charge is 0.303 e. The van der Waals surface area contributed by atoms with Crippen molar-refractivity contribution in [3.63, 3.8) is 0 Å². The lowest BCUT2D eigenvalue weighted by molar-refractivity contribution is -0.142. The lowest BCUT2D eigenvalue weighted by Crippen LogP contribution is -2.43. The van der Waals surface area contributed by atoms with Crippen LogP contribution < -0.4 is 5.32 Å². The van der Waals surface area contributed by atoms with Crippen LogP contribution in [0.5, 0.6) is 0 Å². The number of carboxylic acid groups (broad SMARTS) is 1. The van der Waals surface area contributed by atoms with Gasteiger partial charge in [0.1, 0.15) is 0 Å². The van der Waals surface area contributed by atoms with E-state index in [2.05, 4.69) is 5.32 Å². The fraction of sp³-hybridized carbons (Fsp3) is 0.867. The van der Waals surface area contributed by atoms with Gasteiger partial charge in [0.25, 0.3) is 0 Å². The van der Waals surface area contributed by atoms with Crippen molar-refractivity contribution in [2.24, 2.45) is 11.3 Å². The summed E-state index contributed by atoms with van der Waals surface area (Å²) >= 11 is 0. The molecule has 4 heteroatoms. The maximum absolute atomic E-state index is 11.9. The van der Waals surface area contributed by atoms with Gasteiger partial charge in [-0.15, -0.1) is 0 Å². The van der Waals surface area contributed by atoms with Crippen LogP contribution in [0.2, 0.25) is 0 Å². The minimum Gasteiger partial charge on any atom is -0.481 e. The molecule has 0 radical (unpaired) electrons. The van der Waals surface area contributed by atoms with E-state index in [9.17, 15) is 9.59 Å². The number of amides is 1. The molecule has 4 nitrogen and oxygen atoms in total.